The average Bonchev–Trinajstić information content (AvgIpc) is 3.19. The maximum Gasteiger partial charge on any atom is 0.360 e. The molecule has 2 aromatic carbocycles. The van der Waals surface area contributed by atoms with Crippen molar-refractivity contribution in [3.63, 3.8) is 0 Å². The number of anilines is 1. The fraction of sp³-hybridized carbons (Fsp3) is 0.182. The third kappa shape index (κ3) is 6.13. The van der Waals surface area contributed by atoms with Crippen LogP contribution in [0.5, 0.6) is 0 Å². The molecule has 3 rings (SSSR count). The number of benzene rings is 2. The zero-order valence-corrected chi connectivity index (χ0v) is 17.5. The number of hydrogen-bond donors (Lipinski definition) is 2. The number of rotatable bonds is 9. The minimum absolute atomic E-state index is 0.0954. The van der Waals surface area contributed by atoms with E-state index in [0.717, 1.165) is 22.5 Å². The summed E-state index contributed by atoms with van der Waals surface area (Å²) in [5, 5.41) is 14.7. The maximum atomic E-state index is 12.6. The highest BCUT2D eigenvalue weighted by molar-refractivity contribution is 7.13. The highest BCUT2D eigenvalue weighted by Gasteiger charge is 2.22. The smallest absolute Gasteiger partial charge is 0.360 e. The lowest BCUT2D eigenvalue weighted by atomic mass is 10.0. The van der Waals surface area contributed by atoms with E-state index in [9.17, 15) is 14.7 Å². The summed E-state index contributed by atoms with van der Waals surface area (Å²) in [7, 11) is 0. The number of hydrogen-bond acceptors (Lipinski definition) is 8. The number of ether oxygens (including phenoxy) is 1. The molecule has 0 bridgehead atoms. The van der Waals surface area contributed by atoms with Gasteiger partial charge in [-0.2, -0.15) is 0 Å². The van der Waals surface area contributed by atoms with Crippen LogP contribution in [0.15, 0.2) is 71.2 Å². The Morgan fingerprint density at radius 2 is 1.68 bits per heavy atom. The number of thiazole rings is 1. The van der Waals surface area contributed by atoms with Crippen molar-refractivity contribution < 1.29 is 24.3 Å². The lowest BCUT2D eigenvalue weighted by Gasteiger charge is -2.20. The highest BCUT2D eigenvalue weighted by atomic mass is 32.1. The Hall–Kier alpha value is -3.72. The molecule has 3 aromatic rings. The number of aliphatic carboxylic acids is 1. The molecule has 1 aromatic heterocycles. The van der Waals surface area contributed by atoms with Gasteiger partial charge in [-0.1, -0.05) is 65.8 Å². The molecule has 0 radical (unpaired) electrons. The number of nitrogens with zero attached hydrogens (tertiary/aromatic N) is 2. The number of esters is 1. The number of carbonyl (C=O) groups excluding carboxylic acids is 1. The van der Waals surface area contributed by atoms with Crippen LogP contribution in [0.4, 0.5) is 5.13 Å². The second kappa shape index (κ2) is 10.4. The summed E-state index contributed by atoms with van der Waals surface area (Å²) >= 11 is 1.09. The molecular formula is C22H21N3O5S. The first-order valence-corrected chi connectivity index (χ1v) is 10.3. The van der Waals surface area contributed by atoms with Gasteiger partial charge in [-0.25, -0.2) is 9.78 Å². The Morgan fingerprint density at radius 3 is 2.16 bits per heavy atom. The monoisotopic (exact) mass is 439 g/mol. The molecule has 0 saturated heterocycles. The van der Waals surface area contributed by atoms with E-state index in [0.29, 0.717) is 0 Å². The number of carbonyl (C=O) groups is 2. The maximum absolute atomic E-state index is 12.6. The highest BCUT2D eigenvalue weighted by Crippen LogP contribution is 2.26. The van der Waals surface area contributed by atoms with E-state index < -0.39 is 24.1 Å². The van der Waals surface area contributed by atoms with E-state index in [1.165, 1.54) is 5.38 Å². The molecule has 160 valence electrons. The van der Waals surface area contributed by atoms with Crippen LogP contribution in [0, 0.1) is 0 Å². The van der Waals surface area contributed by atoms with Crippen molar-refractivity contribution in [3.05, 3.63) is 82.9 Å². The number of nitrogen functional groups attached to an aromatic ring is 1. The minimum Gasteiger partial charge on any atom is -0.476 e. The lowest BCUT2D eigenvalue weighted by molar-refractivity contribution is -0.150. The summed E-state index contributed by atoms with van der Waals surface area (Å²) in [6.07, 6.45) is -1.41. The number of aromatic nitrogens is 1. The van der Waals surface area contributed by atoms with Crippen molar-refractivity contribution in [1.82, 2.24) is 4.98 Å². The molecule has 0 aliphatic rings. The quantitative estimate of drug-likeness (QED) is 0.296. The second-order valence-electron chi connectivity index (χ2n) is 6.63. The summed E-state index contributed by atoms with van der Waals surface area (Å²) in [6.45, 7) is 1.60. The molecule has 1 atom stereocenters. The van der Waals surface area contributed by atoms with E-state index >= 15 is 0 Å². The fourth-order valence-corrected chi connectivity index (χ4v) is 3.32. The summed E-state index contributed by atoms with van der Waals surface area (Å²) in [6, 6.07) is 18.8. The minimum atomic E-state index is -1.31. The average molecular weight is 439 g/mol. The molecule has 0 fully saturated rings. The third-order valence-electron chi connectivity index (χ3n) is 4.20. The van der Waals surface area contributed by atoms with Gasteiger partial charge in [0.1, 0.15) is 11.8 Å². The van der Waals surface area contributed by atoms with Gasteiger partial charge >= 0.3 is 11.9 Å². The molecule has 31 heavy (non-hydrogen) atoms. The van der Waals surface area contributed by atoms with Crippen LogP contribution in [0.3, 0.4) is 0 Å². The van der Waals surface area contributed by atoms with Gasteiger partial charge < -0.3 is 20.4 Å². The number of oxime groups is 1. The van der Waals surface area contributed by atoms with Crippen LogP contribution in [0.1, 0.15) is 36.3 Å². The standard InChI is InChI=1S/C22H21N3O5S/c1-14(30-25-19(21(27)28)17-13-31-22(23)24-17)12-18(26)29-20(15-8-4-2-5-9-15)16-10-6-3-7-11-16/h2-11,13-14,20H,12H2,1H3,(H2,23,24)(H,27,28). The van der Waals surface area contributed by atoms with Crippen molar-refractivity contribution in [3.8, 4) is 0 Å². The predicted molar refractivity (Wildman–Crippen MR) is 117 cm³/mol. The molecule has 0 spiro atoms. The molecule has 3 N–H and O–H groups in total. The van der Waals surface area contributed by atoms with Gasteiger partial charge in [-0.3, -0.25) is 4.79 Å². The number of nitrogens with two attached hydrogens (primary N) is 1. The van der Waals surface area contributed by atoms with Crippen LogP contribution in [-0.2, 0) is 19.2 Å². The van der Waals surface area contributed by atoms with Crippen LogP contribution < -0.4 is 5.73 Å². The molecule has 0 saturated carbocycles. The Bertz CT molecular complexity index is 1010. The Kier molecular flexibility index (Phi) is 7.34. The van der Waals surface area contributed by atoms with Gasteiger partial charge in [0.15, 0.2) is 11.2 Å². The summed E-state index contributed by atoms with van der Waals surface area (Å²) in [5.74, 6) is -1.82. The number of carboxylic acids is 1. The van der Waals surface area contributed by atoms with Crippen molar-refractivity contribution in [2.75, 3.05) is 5.73 Å². The van der Waals surface area contributed by atoms with Crippen molar-refractivity contribution >= 4 is 34.1 Å². The molecular weight excluding hydrogens is 418 g/mol. The zero-order chi connectivity index (χ0) is 22.2. The Balaban J connectivity index is 1.67. The molecule has 8 nitrogen and oxygen atoms in total. The van der Waals surface area contributed by atoms with Crippen molar-refractivity contribution in [2.45, 2.75) is 25.6 Å². The van der Waals surface area contributed by atoms with Gasteiger partial charge in [0.05, 0.1) is 6.42 Å². The SMILES string of the molecule is CC(CC(=O)OC(c1ccccc1)c1ccccc1)ON=C(C(=O)O)c1csc(N)n1. The topological polar surface area (TPSA) is 124 Å². The van der Waals surface area contributed by atoms with Gasteiger partial charge in [-0.05, 0) is 18.1 Å². The van der Waals surface area contributed by atoms with Crippen LogP contribution >= 0.6 is 11.3 Å². The predicted octanol–water partition coefficient (Wildman–Crippen LogP) is 3.64. The summed E-state index contributed by atoms with van der Waals surface area (Å²) in [4.78, 5) is 33.1. The molecule has 0 aliphatic carbocycles. The van der Waals surface area contributed by atoms with Crippen molar-refractivity contribution in [1.29, 1.82) is 0 Å². The van der Waals surface area contributed by atoms with E-state index in [-0.39, 0.29) is 23.0 Å². The van der Waals surface area contributed by atoms with Crippen LogP contribution in [0.25, 0.3) is 0 Å². The third-order valence-corrected chi connectivity index (χ3v) is 4.87. The molecule has 9 heteroatoms. The Labute approximate surface area is 182 Å². The Morgan fingerprint density at radius 1 is 1.10 bits per heavy atom. The fourth-order valence-electron chi connectivity index (χ4n) is 2.77. The zero-order valence-electron chi connectivity index (χ0n) is 16.7. The van der Waals surface area contributed by atoms with E-state index in [2.05, 4.69) is 10.1 Å². The first-order chi connectivity index (χ1) is 14.9. The molecule has 1 unspecified atom stereocenters. The first-order valence-electron chi connectivity index (χ1n) is 9.42. The van der Waals surface area contributed by atoms with Gasteiger partial charge in [0.2, 0.25) is 5.71 Å². The van der Waals surface area contributed by atoms with Crippen LogP contribution in [0.2, 0.25) is 0 Å². The normalized spacial score (nSPS) is 12.4. The van der Waals surface area contributed by atoms with E-state index in [1.807, 2.05) is 60.7 Å². The van der Waals surface area contributed by atoms with Crippen LogP contribution in [-0.4, -0.2) is 33.8 Å². The van der Waals surface area contributed by atoms with Gasteiger partial charge in [-0.15, -0.1) is 11.3 Å². The molecule has 0 aliphatic heterocycles. The number of carboxylic acid groups (broad SMARTS) is 1. The summed E-state index contributed by atoms with van der Waals surface area (Å²) in [5.41, 5.74) is 6.92. The van der Waals surface area contributed by atoms with Gasteiger partial charge in [0.25, 0.3) is 0 Å². The largest absolute Gasteiger partial charge is 0.476 e. The first kappa shape index (κ1) is 22.0. The lowest BCUT2D eigenvalue weighted by Crippen LogP contribution is -2.20. The van der Waals surface area contributed by atoms with Crippen molar-refractivity contribution in [2.24, 2.45) is 5.16 Å². The van der Waals surface area contributed by atoms with Gasteiger partial charge in [0, 0.05) is 5.38 Å². The summed E-state index contributed by atoms with van der Waals surface area (Å²) < 4.78 is 5.72. The van der Waals surface area contributed by atoms with E-state index in [4.69, 9.17) is 15.3 Å². The molecule has 0 amide bonds. The molecule has 1 heterocycles. The second-order valence-corrected chi connectivity index (χ2v) is 7.52. The van der Waals surface area contributed by atoms with E-state index in [1.54, 1.807) is 6.92 Å².